The van der Waals surface area contributed by atoms with Crippen molar-refractivity contribution in [3.63, 3.8) is 0 Å². The van der Waals surface area contributed by atoms with Gasteiger partial charge in [-0.1, -0.05) is 0 Å². The minimum Gasteiger partial charge on any atom is -0.347 e. The number of hydrogen-bond acceptors (Lipinski definition) is 1. The lowest BCUT2D eigenvalue weighted by Crippen LogP contribution is -2.02. The van der Waals surface area contributed by atoms with Gasteiger partial charge in [-0.2, -0.15) is 0 Å². The maximum atomic E-state index is 13.7. The third-order valence-corrected chi connectivity index (χ3v) is 2.73. The first-order valence-electron chi connectivity index (χ1n) is 5.34. The number of nitrogens with zero attached hydrogens (tertiary/aromatic N) is 1. The van der Waals surface area contributed by atoms with Crippen molar-refractivity contribution in [3.05, 3.63) is 35.5 Å². The third-order valence-electron chi connectivity index (χ3n) is 2.73. The Bertz CT molecular complexity index is 517. The highest BCUT2D eigenvalue weighted by Gasteiger charge is 2.13. The Kier molecular flexibility index (Phi) is 2.92. The molecule has 86 valence electrons. The van der Waals surface area contributed by atoms with Gasteiger partial charge in [0.15, 0.2) is 0 Å². The van der Waals surface area contributed by atoms with Crippen LogP contribution in [0.3, 0.4) is 0 Å². The SMILES string of the molecule is CCn1cc(CCN)c2c(F)cc(F)cc21. The van der Waals surface area contributed by atoms with E-state index in [9.17, 15) is 8.78 Å². The zero-order chi connectivity index (χ0) is 11.7. The summed E-state index contributed by atoms with van der Waals surface area (Å²) < 4.78 is 28.7. The molecule has 0 aliphatic carbocycles. The Hall–Kier alpha value is -1.42. The van der Waals surface area contributed by atoms with Gasteiger partial charge in [0.25, 0.3) is 0 Å². The van der Waals surface area contributed by atoms with E-state index >= 15 is 0 Å². The van der Waals surface area contributed by atoms with Crippen LogP contribution >= 0.6 is 0 Å². The van der Waals surface area contributed by atoms with Crippen LogP contribution in [0.2, 0.25) is 0 Å². The summed E-state index contributed by atoms with van der Waals surface area (Å²) in [7, 11) is 0. The van der Waals surface area contributed by atoms with Crippen molar-refractivity contribution in [3.8, 4) is 0 Å². The van der Waals surface area contributed by atoms with Crippen molar-refractivity contribution < 1.29 is 8.78 Å². The topological polar surface area (TPSA) is 30.9 Å². The first-order chi connectivity index (χ1) is 7.67. The molecule has 16 heavy (non-hydrogen) atoms. The average Bonchev–Trinajstić information content (AvgIpc) is 2.57. The summed E-state index contributed by atoms with van der Waals surface area (Å²) in [6.07, 6.45) is 2.45. The zero-order valence-electron chi connectivity index (χ0n) is 9.13. The molecule has 2 nitrogen and oxygen atoms in total. The van der Waals surface area contributed by atoms with E-state index in [2.05, 4.69) is 0 Å². The normalized spacial score (nSPS) is 11.2. The lowest BCUT2D eigenvalue weighted by Gasteiger charge is -2.01. The Labute approximate surface area is 92.7 Å². The predicted molar refractivity (Wildman–Crippen MR) is 60.3 cm³/mol. The van der Waals surface area contributed by atoms with Gasteiger partial charge in [0.2, 0.25) is 0 Å². The number of halogens is 2. The van der Waals surface area contributed by atoms with Crippen LogP contribution in [0.25, 0.3) is 10.9 Å². The van der Waals surface area contributed by atoms with Crippen LogP contribution in [0.1, 0.15) is 12.5 Å². The van der Waals surface area contributed by atoms with Crippen LogP contribution in [0.4, 0.5) is 8.78 Å². The maximum Gasteiger partial charge on any atom is 0.135 e. The predicted octanol–water partition coefficient (Wildman–Crippen LogP) is 2.44. The van der Waals surface area contributed by atoms with Crippen LogP contribution in [0.5, 0.6) is 0 Å². The monoisotopic (exact) mass is 224 g/mol. The van der Waals surface area contributed by atoms with Crippen molar-refractivity contribution >= 4 is 10.9 Å². The van der Waals surface area contributed by atoms with Crippen molar-refractivity contribution in [2.45, 2.75) is 19.9 Å². The van der Waals surface area contributed by atoms with Crippen LogP contribution in [-0.4, -0.2) is 11.1 Å². The molecule has 1 aromatic carbocycles. The van der Waals surface area contributed by atoms with Gasteiger partial charge in [-0.25, -0.2) is 8.78 Å². The smallest absolute Gasteiger partial charge is 0.135 e. The second kappa shape index (κ2) is 4.22. The summed E-state index contributed by atoms with van der Waals surface area (Å²) in [6, 6.07) is 2.28. The molecular weight excluding hydrogens is 210 g/mol. The fourth-order valence-electron chi connectivity index (χ4n) is 2.03. The molecule has 0 spiro atoms. The number of nitrogens with two attached hydrogens (primary N) is 1. The number of benzene rings is 1. The summed E-state index contributed by atoms with van der Waals surface area (Å²) in [5.74, 6) is -1.05. The fourth-order valence-corrected chi connectivity index (χ4v) is 2.03. The largest absolute Gasteiger partial charge is 0.347 e. The standard InChI is InChI=1S/C12H14F2N2/c1-2-16-7-8(3-4-15)12-10(14)5-9(13)6-11(12)16/h5-7H,2-4,15H2,1H3. The number of rotatable bonds is 3. The molecule has 0 saturated heterocycles. The zero-order valence-corrected chi connectivity index (χ0v) is 9.13. The summed E-state index contributed by atoms with van der Waals surface area (Å²) in [5, 5.41) is 0.494. The van der Waals surface area contributed by atoms with E-state index in [-0.39, 0.29) is 0 Å². The molecule has 2 rings (SSSR count). The van der Waals surface area contributed by atoms with Gasteiger partial charge in [0.05, 0.1) is 5.52 Å². The molecule has 0 amide bonds. The fraction of sp³-hybridized carbons (Fsp3) is 0.333. The molecule has 0 radical (unpaired) electrons. The van der Waals surface area contributed by atoms with Gasteiger partial charge >= 0.3 is 0 Å². The molecule has 0 saturated carbocycles. The van der Waals surface area contributed by atoms with Crippen LogP contribution in [0, 0.1) is 11.6 Å². The molecule has 0 atom stereocenters. The van der Waals surface area contributed by atoms with E-state index in [4.69, 9.17) is 5.73 Å². The van der Waals surface area contributed by atoms with Crippen LogP contribution in [-0.2, 0) is 13.0 Å². The second-order valence-corrected chi connectivity index (χ2v) is 3.76. The molecule has 0 bridgehead atoms. The number of fused-ring (bicyclic) bond motifs is 1. The van der Waals surface area contributed by atoms with Gasteiger partial charge in [0.1, 0.15) is 11.6 Å². The highest BCUT2D eigenvalue weighted by Crippen LogP contribution is 2.25. The summed E-state index contributed by atoms with van der Waals surface area (Å²) in [4.78, 5) is 0. The minimum absolute atomic E-state index is 0.458. The van der Waals surface area contributed by atoms with Crippen molar-refractivity contribution in [2.75, 3.05) is 6.54 Å². The van der Waals surface area contributed by atoms with Gasteiger partial charge in [-0.3, -0.25) is 0 Å². The first-order valence-corrected chi connectivity index (χ1v) is 5.34. The maximum absolute atomic E-state index is 13.7. The molecular formula is C12H14F2N2. The Morgan fingerprint density at radius 2 is 2.06 bits per heavy atom. The molecule has 0 fully saturated rings. The highest BCUT2D eigenvalue weighted by atomic mass is 19.1. The molecule has 4 heteroatoms. The van der Waals surface area contributed by atoms with Gasteiger partial charge < -0.3 is 10.3 Å². The second-order valence-electron chi connectivity index (χ2n) is 3.76. The van der Waals surface area contributed by atoms with E-state index in [0.717, 1.165) is 11.6 Å². The summed E-state index contributed by atoms with van der Waals surface area (Å²) in [6.45, 7) is 3.08. The third kappa shape index (κ3) is 1.69. The molecule has 0 aliphatic rings. The molecule has 1 heterocycles. The number of aryl methyl sites for hydroxylation is 1. The minimum atomic E-state index is -0.544. The van der Waals surface area contributed by atoms with E-state index in [1.54, 1.807) is 0 Å². The van der Waals surface area contributed by atoms with Crippen molar-refractivity contribution in [2.24, 2.45) is 5.73 Å². The lowest BCUT2D eigenvalue weighted by atomic mass is 10.1. The Balaban J connectivity index is 2.74. The molecule has 0 unspecified atom stereocenters. The van der Waals surface area contributed by atoms with Crippen molar-refractivity contribution in [1.29, 1.82) is 0 Å². The number of hydrogen-bond donors (Lipinski definition) is 1. The summed E-state index contributed by atoms with van der Waals surface area (Å²) >= 11 is 0. The van der Waals surface area contributed by atoms with Crippen LogP contribution < -0.4 is 5.73 Å². The molecule has 1 aromatic heterocycles. The molecule has 0 aliphatic heterocycles. The molecule has 2 N–H and O–H groups in total. The molecule has 2 aromatic rings. The quantitative estimate of drug-likeness (QED) is 0.853. The number of aromatic nitrogens is 1. The van der Waals surface area contributed by atoms with Crippen molar-refractivity contribution in [1.82, 2.24) is 4.57 Å². The van der Waals surface area contributed by atoms with E-state index in [0.29, 0.717) is 30.4 Å². The first kappa shape index (κ1) is 11.1. The summed E-state index contributed by atoms with van der Waals surface area (Å²) in [5.41, 5.74) is 6.92. The van der Waals surface area contributed by atoms with E-state index in [1.807, 2.05) is 17.7 Å². The van der Waals surface area contributed by atoms with E-state index in [1.165, 1.54) is 6.07 Å². The highest BCUT2D eigenvalue weighted by molar-refractivity contribution is 5.84. The lowest BCUT2D eigenvalue weighted by molar-refractivity contribution is 0.590. The van der Waals surface area contributed by atoms with E-state index < -0.39 is 11.6 Å². The average molecular weight is 224 g/mol. The van der Waals surface area contributed by atoms with Crippen LogP contribution in [0.15, 0.2) is 18.3 Å². The Morgan fingerprint density at radius 3 is 2.69 bits per heavy atom. The Morgan fingerprint density at radius 1 is 1.31 bits per heavy atom. The van der Waals surface area contributed by atoms with Gasteiger partial charge in [0, 0.05) is 24.2 Å². The van der Waals surface area contributed by atoms with Gasteiger partial charge in [-0.05, 0) is 31.5 Å². The van der Waals surface area contributed by atoms with Gasteiger partial charge in [-0.15, -0.1) is 0 Å².